The Bertz CT molecular complexity index is 654. The Balaban J connectivity index is 1.64. The van der Waals surface area contributed by atoms with Crippen LogP contribution in [0.25, 0.3) is 0 Å². The van der Waals surface area contributed by atoms with Crippen LogP contribution in [0.2, 0.25) is 0 Å². The van der Waals surface area contributed by atoms with E-state index < -0.39 is 0 Å². The number of rotatable bonds is 1. The van der Waals surface area contributed by atoms with Crippen LogP contribution in [0, 0.1) is 12.3 Å². The van der Waals surface area contributed by atoms with Crippen molar-refractivity contribution in [3.05, 3.63) is 22.6 Å². The van der Waals surface area contributed by atoms with Gasteiger partial charge in [-0.3, -0.25) is 9.59 Å². The van der Waals surface area contributed by atoms with Gasteiger partial charge in [-0.25, -0.2) is 0 Å². The molecular formula is C18H23NO4. The maximum atomic E-state index is 13.1. The number of Topliss-reactive ketones (excluding diaryl/α,β-unsaturated/α-hetero) is 1. The molecule has 5 nitrogen and oxygen atoms in total. The Morgan fingerprint density at radius 1 is 1.22 bits per heavy atom. The number of hydrogen-bond donors (Lipinski definition) is 0. The van der Waals surface area contributed by atoms with Gasteiger partial charge in [-0.05, 0) is 32.6 Å². The van der Waals surface area contributed by atoms with Crippen LogP contribution in [0.15, 0.2) is 4.42 Å². The Kier molecular flexibility index (Phi) is 3.56. The van der Waals surface area contributed by atoms with Crippen molar-refractivity contribution >= 4 is 11.7 Å². The molecule has 1 amide bonds. The van der Waals surface area contributed by atoms with Gasteiger partial charge in [-0.1, -0.05) is 0 Å². The van der Waals surface area contributed by atoms with Crippen LogP contribution in [0.4, 0.5) is 0 Å². The number of likely N-dealkylation sites (tertiary alicyclic amines) is 1. The number of ketones is 1. The van der Waals surface area contributed by atoms with Crippen molar-refractivity contribution in [3.8, 4) is 0 Å². The van der Waals surface area contributed by atoms with E-state index in [0.717, 1.165) is 58.4 Å². The van der Waals surface area contributed by atoms with Gasteiger partial charge in [-0.15, -0.1) is 0 Å². The van der Waals surface area contributed by atoms with Crippen LogP contribution < -0.4 is 0 Å². The lowest BCUT2D eigenvalue weighted by Crippen LogP contribution is -2.46. The summed E-state index contributed by atoms with van der Waals surface area (Å²) in [5, 5.41) is 0. The number of aryl methyl sites for hydroxylation is 2. The minimum atomic E-state index is -0.0336. The molecule has 0 unspecified atom stereocenters. The standard InChI is InChI=1S/C18H23NO4/c1-12-15(16-13(20)4-2-5-14(16)23-12)17(21)19-8-3-6-18(10-19)7-9-22-11-18/h2-11H2,1H3/t18-/m0/s1. The van der Waals surface area contributed by atoms with E-state index in [4.69, 9.17) is 9.15 Å². The second-order valence-corrected chi connectivity index (χ2v) is 7.24. The summed E-state index contributed by atoms with van der Waals surface area (Å²) in [6, 6.07) is 0. The number of carbonyl (C=O) groups is 2. The largest absolute Gasteiger partial charge is 0.465 e. The first-order valence-corrected chi connectivity index (χ1v) is 8.62. The Labute approximate surface area is 136 Å². The number of ether oxygens (including phenoxy) is 1. The predicted octanol–water partition coefficient (Wildman–Crippen LogP) is 2.75. The number of hydrogen-bond acceptors (Lipinski definition) is 4. The summed E-state index contributed by atoms with van der Waals surface area (Å²) < 4.78 is 11.3. The van der Waals surface area contributed by atoms with Crippen LogP contribution in [0.3, 0.4) is 0 Å². The van der Waals surface area contributed by atoms with E-state index in [1.54, 1.807) is 6.92 Å². The molecule has 1 aromatic heterocycles. The fourth-order valence-electron chi connectivity index (χ4n) is 4.38. The molecular weight excluding hydrogens is 294 g/mol. The lowest BCUT2D eigenvalue weighted by atomic mass is 9.79. The monoisotopic (exact) mass is 317 g/mol. The topological polar surface area (TPSA) is 59.8 Å². The first-order valence-electron chi connectivity index (χ1n) is 8.62. The summed E-state index contributed by atoms with van der Waals surface area (Å²) in [7, 11) is 0. The summed E-state index contributed by atoms with van der Waals surface area (Å²) >= 11 is 0. The van der Waals surface area contributed by atoms with Crippen LogP contribution in [0.1, 0.15) is 64.3 Å². The average molecular weight is 317 g/mol. The molecule has 1 atom stereocenters. The highest BCUT2D eigenvalue weighted by Crippen LogP contribution is 2.39. The SMILES string of the molecule is Cc1oc2c(c1C(=O)N1CCC[C@]3(CCOC3)C1)C(=O)CCC2. The van der Waals surface area contributed by atoms with Gasteiger partial charge in [0.15, 0.2) is 5.78 Å². The molecule has 0 radical (unpaired) electrons. The van der Waals surface area contributed by atoms with E-state index in [9.17, 15) is 9.59 Å². The van der Waals surface area contributed by atoms with E-state index in [1.165, 1.54) is 0 Å². The van der Waals surface area contributed by atoms with Gasteiger partial charge >= 0.3 is 0 Å². The van der Waals surface area contributed by atoms with Gasteiger partial charge in [0.1, 0.15) is 11.5 Å². The fourth-order valence-corrected chi connectivity index (χ4v) is 4.38. The third-order valence-electron chi connectivity index (χ3n) is 5.59. The number of furan rings is 1. The summed E-state index contributed by atoms with van der Waals surface area (Å²) in [5.74, 6) is 1.33. The molecule has 5 heteroatoms. The molecule has 2 aliphatic heterocycles. The molecule has 0 aromatic carbocycles. The summed E-state index contributed by atoms with van der Waals surface area (Å²) in [6.45, 7) is 4.84. The Morgan fingerprint density at radius 3 is 2.87 bits per heavy atom. The van der Waals surface area contributed by atoms with Gasteiger partial charge in [-0.2, -0.15) is 0 Å². The molecule has 4 rings (SSSR count). The smallest absolute Gasteiger partial charge is 0.258 e. The molecule has 2 saturated heterocycles. The molecule has 0 bridgehead atoms. The van der Waals surface area contributed by atoms with Crippen LogP contribution in [-0.2, 0) is 11.2 Å². The fraction of sp³-hybridized carbons (Fsp3) is 0.667. The minimum absolute atomic E-state index is 0.0336. The van der Waals surface area contributed by atoms with Crippen molar-refractivity contribution in [2.24, 2.45) is 5.41 Å². The van der Waals surface area contributed by atoms with Crippen LogP contribution in [-0.4, -0.2) is 42.9 Å². The molecule has 3 heterocycles. The highest BCUT2D eigenvalue weighted by molar-refractivity contribution is 6.10. The van der Waals surface area contributed by atoms with Crippen LogP contribution >= 0.6 is 0 Å². The molecule has 1 aromatic rings. The second kappa shape index (κ2) is 5.48. The molecule has 3 aliphatic rings. The van der Waals surface area contributed by atoms with Gasteiger partial charge in [0.25, 0.3) is 5.91 Å². The van der Waals surface area contributed by atoms with Crippen molar-refractivity contribution in [2.75, 3.05) is 26.3 Å². The third kappa shape index (κ3) is 2.42. The highest BCUT2D eigenvalue weighted by Gasteiger charge is 2.42. The minimum Gasteiger partial charge on any atom is -0.465 e. The average Bonchev–Trinajstić information content (AvgIpc) is 3.11. The van der Waals surface area contributed by atoms with E-state index in [2.05, 4.69) is 0 Å². The quantitative estimate of drug-likeness (QED) is 0.799. The zero-order valence-corrected chi connectivity index (χ0v) is 13.7. The van der Waals surface area contributed by atoms with Crippen molar-refractivity contribution in [1.29, 1.82) is 0 Å². The maximum absolute atomic E-state index is 13.1. The number of piperidine rings is 1. The summed E-state index contributed by atoms with van der Waals surface area (Å²) in [6.07, 6.45) is 5.24. The van der Waals surface area contributed by atoms with E-state index in [0.29, 0.717) is 29.1 Å². The van der Waals surface area contributed by atoms with Crippen molar-refractivity contribution in [1.82, 2.24) is 4.90 Å². The lowest BCUT2D eigenvalue weighted by molar-refractivity contribution is 0.0459. The first-order chi connectivity index (χ1) is 11.1. The molecule has 23 heavy (non-hydrogen) atoms. The molecule has 1 spiro atoms. The molecule has 2 fully saturated rings. The van der Waals surface area contributed by atoms with Gasteiger partial charge in [0, 0.05) is 38.0 Å². The third-order valence-corrected chi connectivity index (χ3v) is 5.59. The van der Waals surface area contributed by atoms with Gasteiger partial charge < -0.3 is 14.1 Å². The normalized spacial score (nSPS) is 27.5. The summed E-state index contributed by atoms with van der Waals surface area (Å²) in [5.41, 5.74) is 1.19. The molecule has 124 valence electrons. The zero-order chi connectivity index (χ0) is 16.0. The second-order valence-electron chi connectivity index (χ2n) is 7.24. The predicted molar refractivity (Wildman–Crippen MR) is 83.7 cm³/mol. The summed E-state index contributed by atoms with van der Waals surface area (Å²) in [4.78, 5) is 27.3. The number of nitrogens with zero attached hydrogens (tertiary/aromatic N) is 1. The lowest BCUT2D eigenvalue weighted by Gasteiger charge is -2.39. The van der Waals surface area contributed by atoms with Gasteiger partial charge in [0.2, 0.25) is 0 Å². The van der Waals surface area contributed by atoms with Crippen molar-refractivity contribution in [3.63, 3.8) is 0 Å². The van der Waals surface area contributed by atoms with Crippen LogP contribution in [0.5, 0.6) is 0 Å². The highest BCUT2D eigenvalue weighted by atomic mass is 16.5. The van der Waals surface area contributed by atoms with E-state index in [1.807, 2.05) is 4.90 Å². The number of fused-ring (bicyclic) bond motifs is 1. The molecule has 0 N–H and O–H groups in total. The Morgan fingerprint density at radius 2 is 2.09 bits per heavy atom. The molecule has 0 saturated carbocycles. The maximum Gasteiger partial charge on any atom is 0.258 e. The van der Waals surface area contributed by atoms with Crippen molar-refractivity contribution in [2.45, 2.75) is 45.4 Å². The van der Waals surface area contributed by atoms with Crippen molar-refractivity contribution < 1.29 is 18.7 Å². The number of carbonyl (C=O) groups excluding carboxylic acids is 2. The number of amides is 1. The Hall–Kier alpha value is -1.62. The molecule has 1 aliphatic carbocycles. The van der Waals surface area contributed by atoms with E-state index in [-0.39, 0.29) is 17.1 Å². The van der Waals surface area contributed by atoms with E-state index >= 15 is 0 Å². The zero-order valence-electron chi connectivity index (χ0n) is 13.7. The van der Waals surface area contributed by atoms with Gasteiger partial charge in [0.05, 0.1) is 17.7 Å². The first kappa shape index (κ1) is 14.9.